The highest BCUT2D eigenvalue weighted by Gasteiger charge is 2.34. The van der Waals surface area contributed by atoms with Crippen molar-refractivity contribution in [2.75, 3.05) is 89.9 Å². The highest BCUT2D eigenvalue weighted by molar-refractivity contribution is 6.32. The van der Waals surface area contributed by atoms with Crippen molar-refractivity contribution in [1.29, 1.82) is 0 Å². The number of benzene rings is 2. The Morgan fingerprint density at radius 1 is 0.417 bits per heavy atom. The fourth-order valence-corrected chi connectivity index (χ4v) is 7.20. The van der Waals surface area contributed by atoms with E-state index >= 15 is 0 Å². The Labute approximate surface area is 421 Å². The predicted octanol–water partition coefficient (Wildman–Crippen LogP) is 5.58. The van der Waals surface area contributed by atoms with Crippen molar-refractivity contribution >= 4 is 58.8 Å². The summed E-state index contributed by atoms with van der Waals surface area (Å²) in [5.41, 5.74) is 1.55. The summed E-state index contributed by atoms with van der Waals surface area (Å²) in [7, 11) is 0. The van der Waals surface area contributed by atoms with E-state index < -0.39 is 36.0 Å². The molecule has 0 aliphatic heterocycles. The standard InChI is InChI=1S/C52H74N2O18/c1-37(35-71-47(61)21-11-9-19-45(59)69-33-29-65-27-31-67-43(57)17-5-3-13-25-55)53-41-23-24-42(50-49(41)51(63)39-15-7-8-16-40(39)52(50)64)54-38(2)36-72-48(62)22-12-10-20-46(60)70-34-30-66-28-32-68-44(58)18-6-4-14-26-56/h7-8,15-16,23-24,37-38,53-56H,3-6,9-14,17-22,25-36H2,1-2H3. The number of ketones is 2. The molecule has 0 amide bonds. The molecule has 0 saturated heterocycles. The third kappa shape index (κ3) is 24.4. The molecule has 20 heteroatoms. The number of rotatable bonds is 40. The molecule has 2 atom stereocenters. The summed E-state index contributed by atoms with van der Waals surface area (Å²) < 4.78 is 42.0. The van der Waals surface area contributed by atoms with Crippen LogP contribution in [0.3, 0.4) is 0 Å². The third-order valence-corrected chi connectivity index (χ3v) is 10.9. The van der Waals surface area contributed by atoms with E-state index in [1.807, 2.05) is 0 Å². The van der Waals surface area contributed by atoms with Gasteiger partial charge in [-0.15, -0.1) is 0 Å². The van der Waals surface area contributed by atoms with Gasteiger partial charge in [0.2, 0.25) is 0 Å². The molecule has 0 bridgehead atoms. The second-order valence-corrected chi connectivity index (χ2v) is 17.2. The summed E-state index contributed by atoms with van der Waals surface area (Å²) in [4.78, 5) is 101. The van der Waals surface area contributed by atoms with E-state index in [2.05, 4.69) is 10.6 Å². The van der Waals surface area contributed by atoms with Crippen LogP contribution in [0.25, 0.3) is 0 Å². The van der Waals surface area contributed by atoms with Crippen LogP contribution in [0.1, 0.15) is 148 Å². The minimum atomic E-state index is -0.470. The Bertz CT molecular complexity index is 1880. The molecule has 0 aromatic heterocycles. The second-order valence-electron chi connectivity index (χ2n) is 17.2. The smallest absolute Gasteiger partial charge is 0.305 e. The van der Waals surface area contributed by atoms with Gasteiger partial charge in [0.05, 0.1) is 49.6 Å². The van der Waals surface area contributed by atoms with Gasteiger partial charge in [0.1, 0.15) is 39.6 Å². The lowest BCUT2D eigenvalue weighted by Gasteiger charge is -2.26. The van der Waals surface area contributed by atoms with Crippen LogP contribution >= 0.6 is 0 Å². The zero-order chi connectivity index (χ0) is 52.4. The van der Waals surface area contributed by atoms with Crippen LogP contribution in [0.5, 0.6) is 0 Å². The number of carbonyl (C=O) groups is 8. The van der Waals surface area contributed by atoms with Crippen molar-refractivity contribution in [3.63, 3.8) is 0 Å². The molecule has 2 aromatic carbocycles. The summed E-state index contributed by atoms with van der Waals surface area (Å²) in [5.74, 6) is -3.19. The molecule has 2 aromatic rings. The van der Waals surface area contributed by atoms with E-state index in [0.29, 0.717) is 62.7 Å². The molecule has 1 aliphatic rings. The number of hydrogen-bond acceptors (Lipinski definition) is 20. The SMILES string of the molecule is CC(COC(=O)CCCCC(=O)OCCOCCOC(=O)CCCCCO)Nc1ccc(NC(C)COC(=O)CCCCC(=O)OCCOCCOC(=O)CCCCCO)c2c1C(=O)c1ccccc1C2=O. The van der Waals surface area contributed by atoms with Crippen molar-refractivity contribution in [3.8, 4) is 0 Å². The molecular weight excluding hydrogens is 941 g/mol. The topological polar surface area (TPSA) is 275 Å². The van der Waals surface area contributed by atoms with Gasteiger partial charge < -0.3 is 58.7 Å². The maximum Gasteiger partial charge on any atom is 0.305 e. The summed E-state index contributed by atoms with van der Waals surface area (Å²) in [5, 5.41) is 24.0. The lowest BCUT2D eigenvalue weighted by molar-refractivity contribution is -0.148. The van der Waals surface area contributed by atoms with Crippen LogP contribution in [0, 0.1) is 0 Å². The molecule has 20 nitrogen and oxygen atoms in total. The molecule has 0 heterocycles. The molecule has 0 radical (unpaired) electrons. The minimum absolute atomic E-state index is 0.0393. The predicted molar refractivity (Wildman–Crippen MR) is 261 cm³/mol. The van der Waals surface area contributed by atoms with Gasteiger partial charge in [-0.1, -0.05) is 37.1 Å². The average molecular weight is 1020 g/mol. The molecule has 400 valence electrons. The average Bonchev–Trinajstić information content (AvgIpc) is 3.36. The molecular formula is C52H74N2O18. The summed E-state index contributed by atoms with van der Waals surface area (Å²) >= 11 is 0. The number of nitrogens with one attached hydrogen (secondary N) is 2. The highest BCUT2D eigenvalue weighted by atomic mass is 16.6. The van der Waals surface area contributed by atoms with Crippen LogP contribution < -0.4 is 10.6 Å². The van der Waals surface area contributed by atoms with Crippen molar-refractivity contribution in [2.45, 2.75) is 129 Å². The number of aliphatic hydroxyl groups is 2. The van der Waals surface area contributed by atoms with Crippen molar-refractivity contribution in [2.24, 2.45) is 0 Å². The fraction of sp³-hybridized carbons (Fsp3) is 0.615. The first-order valence-corrected chi connectivity index (χ1v) is 25.0. The normalized spacial score (nSPS) is 12.4. The lowest BCUT2D eigenvalue weighted by atomic mass is 9.82. The molecule has 2 unspecified atom stereocenters. The van der Waals surface area contributed by atoms with E-state index in [1.165, 1.54) is 0 Å². The Hall–Kier alpha value is -5.96. The van der Waals surface area contributed by atoms with Crippen molar-refractivity contribution < 1.29 is 86.5 Å². The minimum Gasteiger partial charge on any atom is -0.464 e. The number of aliphatic hydroxyl groups excluding tert-OH is 2. The molecule has 0 spiro atoms. The maximum absolute atomic E-state index is 14.0. The first kappa shape index (κ1) is 60.3. The Balaban J connectivity index is 1.35. The zero-order valence-corrected chi connectivity index (χ0v) is 41.8. The Morgan fingerprint density at radius 2 is 0.708 bits per heavy atom. The summed E-state index contributed by atoms with van der Waals surface area (Å²) in [6.45, 7) is 4.53. The quantitative estimate of drug-likeness (QED) is 0.0307. The Morgan fingerprint density at radius 3 is 1.01 bits per heavy atom. The van der Waals surface area contributed by atoms with E-state index in [1.54, 1.807) is 50.2 Å². The molecule has 0 saturated carbocycles. The van der Waals surface area contributed by atoms with E-state index in [4.69, 9.17) is 48.1 Å². The van der Waals surface area contributed by atoms with E-state index in [-0.39, 0.29) is 164 Å². The molecule has 72 heavy (non-hydrogen) atoms. The fourth-order valence-electron chi connectivity index (χ4n) is 7.20. The van der Waals surface area contributed by atoms with Crippen LogP contribution in [0.4, 0.5) is 11.4 Å². The van der Waals surface area contributed by atoms with Gasteiger partial charge in [-0.2, -0.15) is 0 Å². The molecule has 0 fully saturated rings. The van der Waals surface area contributed by atoms with Gasteiger partial charge in [0, 0.05) is 74.2 Å². The number of esters is 6. The molecule has 4 N–H and O–H groups in total. The van der Waals surface area contributed by atoms with Gasteiger partial charge in [0.15, 0.2) is 11.6 Å². The van der Waals surface area contributed by atoms with Gasteiger partial charge >= 0.3 is 35.8 Å². The first-order chi connectivity index (χ1) is 34.8. The zero-order valence-electron chi connectivity index (χ0n) is 41.8. The van der Waals surface area contributed by atoms with Gasteiger partial charge in [0.25, 0.3) is 0 Å². The van der Waals surface area contributed by atoms with Crippen molar-refractivity contribution in [3.05, 3.63) is 58.7 Å². The number of unbranched alkanes of at least 4 members (excludes halogenated alkanes) is 6. The van der Waals surface area contributed by atoms with Gasteiger partial charge in [-0.3, -0.25) is 38.4 Å². The molecule has 1 aliphatic carbocycles. The number of carbonyl (C=O) groups excluding carboxylic acids is 8. The molecule has 3 rings (SSSR count). The van der Waals surface area contributed by atoms with Crippen LogP contribution in [-0.4, -0.2) is 149 Å². The lowest BCUT2D eigenvalue weighted by Crippen LogP contribution is -2.30. The summed E-state index contributed by atoms with van der Waals surface area (Å²) in [6.07, 6.45) is 6.63. The van der Waals surface area contributed by atoms with Crippen LogP contribution in [0.2, 0.25) is 0 Å². The van der Waals surface area contributed by atoms with Crippen LogP contribution in [0.15, 0.2) is 36.4 Å². The third-order valence-electron chi connectivity index (χ3n) is 10.9. The van der Waals surface area contributed by atoms with Gasteiger partial charge in [-0.25, -0.2) is 0 Å². The number of ether oxygens (including phenoxy) is 8. The highest BCUT2D eigenvalue weighted by Crippen LogP contribution is 2.37. The van der Waals surface area contributed by atoms with Crippen LogP contribution in [-0.2, 0) is 66.7 Å². The number of fused-ring (bicyclic) bond motifs is 2. The Kier molecular flexibility index (Phi) is 30.2. The monoisotopic (exact) mass is 1010 g/mol. The summed E-state index contributed by atoms with van der Waals surface area (Å²) in [6, 6.07) is 8.92. The second kappa shape index (κ2) is 36.0. The van der Waals surface area contributed by atoms with Crippen molar-refractivity contribution in [1.82, 2.24) is 0 Å². The first-order valence-electron chi connectivity index (χ1n) is 25.0. The maximum atomic E-state index is 14.0. The largest absolute Gasteiger partial charge is 0.464 e. The van der Waals surface area contributed by atoms with Gasteiger partial charge in [-0.05, 0) is 77.3 Å². The number of hydrogen-bond donors (Lipinski definition) is 4. The van der Waals surface area contributed by atoms with E-state index in [0.717, 1.165) is 12.8 Å². The van der Waals surface area contributed by atoms with E-state index in [9.17, 15) is 38.4 Å². The number of anilines is 2.